The molecule has 0 fully saturated rings. The Morgan fingerprint density at radius 3 is 2.69 bits per heavy atom. The van der Waals surface area contributed by atoms with E-state index in [1.54, 1.807) is 23.5 Å². The molecule has 1 aliphatic heterocycles. The van der Waals surface area contributed by atoms with Crippen LogP contribution >= 0.6 is 22.9 Å². The third-order valence-corrected chi connectivity index (χ3v) is 6.29. The van der Waals surface area contributed by atoms with Gasteiger partial charge in [-0.25, -0.2) is 0 Å². The fourth-order valence-electron chi connectivity index (χ4n) is 3.37. The van der Waals surface area contributed by atoms with Gasteiger partial charge in [0.1, 0.15) is 0 Å². The molecule has 4 nitrogen and oxygen atoms in total. The highest BCUT2D eigenvalue weighted by molar-refractivity contribution is 7.16. The number of anilines is 2. The number of benzene rings is 1. The zero-order chi connectivity index (χ0) is 18.3. The van der Waals surface area contributed by atoms with Crippen LogP contribution in [-0.2, 0) is 19.4 Å². The molecule has 0 saturated heterocycles. The van der Waals surface area contributed by atoms with Crippen LogP contribution in [-0.4, -0.2) is 18.0 Å². The molecular formula is C20H19ClN2O2S. The van der Waals surface area contributed by atoms with E-state index in [1.807, 2.05) is 12.1 Å². The molecule has 134 valence electrons. The average molecular weight is 387 g/mol. The van der Waals surface area contributed by atoms with Gasteiger partial charge >= 0.3 is 0 Å². The van der Waals surface area contributed by atoms with E-state index in [9.17, 15) is 9.59 Å². The van der Waals surface area contributed by atoms with Gasteiger partial charge in [-0.05, 0) is 42.3 Å². The van der Waals surface area contributed by atoms with Crippen LogP contribution in [0.2, 0.25) is 5.02 Å². The predicted molar refractivity (Wildman–Crippen MR) is 108 cm³/mol. The molecular weight excluding hydrogens is 368 g/mol. The average Bonchev–Trinajstić information content (AvgIpc) is 3.07. The third kappa shape index (κ3) is 3.22. The molecule has 0 spiro atoms. The van der Waals surface area contributed by atoms with Gasteiger partial charge in [-0.2, -0.15) is 0 Å². The second-order valence-electron chi connectivity index (χ2n) is 6.62. The molecule has 0 unspecified atom stereocenters. The topological polar surface area (TPSA) is 49.4 Å². The Morgan fingerprint density at radius 2 is 1.96 bits per heavy atom. The van der Waals surface area contributed by atoms with Crippen LogP contribution in [0.1, 0.15) is 28.5 Å². The van der Waals surface area contributed by atoms with Crippen molar-refractivity contribution in [2.75, 3.05) is 18.4 Å². The predicted octanol–water partition coefficient (Wildman–Crippen LogP) is 3.71. The number of hydrogen-bond donors (Lipinski definition) is 1. The van der Waals surface area contributed by atoms with Crippen molar-refractivity contribution in [1.82, 2.24) is 4.90 Å². The zero-order valence-electron chi connectivity index (χ0n) is 14.5. The van der Waals surface area contributed by atoms with Crippen molar-refractivity contribution >= 4 is 33.6 Å². The molecule has 0 amide bonds. The maximum atomic E-state index is 12.1. The highest BCUT2D eigenvalue weighted by atomic mass is 35.5. The Bertz CT molecular complexity index is 1020. The van der Waals surface area contributed by atoms with Gasteiger partial charge in [0.15, 0.2) is 0 Å². The maximum Gasteiger partial charge on any atom is 0.249 e. The molecule has 0 radical (unpaired) electrons. The summed E-state index contributed by atoms with van der Waals surface area (Å²) < 4.78 is 0. The van der Waals surface area contributed by atoms with Gasteiger partial charge < -0.3 is 5.32 Å². The van der Waals surface area contributed by atoms with Crippen molar-refractivity contribution in [2.45, 2.75) is 26.3 Å². The van der Waals surface area contributed by atoms with Crippen molar-refractivity contribution in [3.8, 4) is 0 Å². The SMILES string of the molecule is CCN1CCc2cc(Nc3c(Cc4ccc(Cl)cc4)c(=O)c3=O)sc2C1. The minimum atomic E-state index is -0.421. The number of halogens is 1. The minimum Gasteiger partial charge on any atom is -0.344 e. The smallest absolute Gasteiger partial charge is 0.249 e. The van der Waals surface area contributed by atoms with Gasteiger partial charge in [0.25, 0.3) is 0 Å². The second-order valence-corrected chi connectivity index (χ2v) is 8.19. The molecule has 2 aromatic carbocycles. The molecule has 6 heteroatoms. The first kappa shape index (κ1) is 17.5. The summed E-state index contributed by atoms with van der Waals surface area (Å²) in [6.07, 6.45) is 1.48. The van der Waals surface area contributed by atoms with Crippen molar-refractivity contribution in [1.29, 1.82) is 0 Å². The first-order chi connectivity index (χ1) is 12.5. The van der Waals surface area contributed by atoms with Crippen LogP contribution in [0.15, 0.2) is 39.9 Å². The zero-order valence-corrected chi connectivity index (χ0v) is 16.0. The summed E-state index contributed by atoms with van der Waals surface area (Å²) in [7, 11) is 0. The number of thiophene rings is 1. The Morgan fingerprint density at radius 1 is 1.19 bits per heavy atom. The summed E-state index contributed by atoms with van der Waals surface area (Å²) in [6.45, 7) is 5.25. The molecule has 3 aromatic rings. The Labute approximate surface area is 160 Å². The van der Waals surface area contributed by atoms with Crippen LogP contribution in [0.5, 0.6) is 0 Å². The molecule has 26 heavy (non-hydrogen) atoms. The molecule has 0 aliphatic carbocycles. The fourth-order valence-corrected chi connectivity index (χ4v) is 4.66. The number of hydrogen-bond acceptors (Lipinski definition) is 5. The lowest BCUT2D eigenvalue weighted by molar-refractivity contribution is 0.271. The van der Waals surface area contributed by atoms with Crippen molar-refractivity contribution in [3.63, 3.8) is 0 Å². The third-order valence-electron chi connectivity index (χ3n) is 4.96. The van der Waals surface area contributed by atoms with Crippen molar-refractivity contribution in [2.24, 2.45) is 0 Å². The lowest BCUT2D eigenvalue weighted by Gasteiger charge is -2.24. The minimum absolute atomic E-state index is 0.388. The van der Waals surface area contributed by atoms with Crippen molar-refractivity contribution in [3.05, 3.63) is 77.4 Å². The number of fused-ring (bicyclic) bond motifs is 1. The summed E-state index contributed by atoms with van der Waals surface area (Å²) in [5, 5.41) is 4.81. The van der Waals surface area contributed by atoms with E-state index in [1.165, 1.54) is 10.4 Å². The van der Waals surface area contributed by atoms with Gasteiger partial charge in [0, 0.05) is 35.0 Å². The largest absolute Gasteiger partial charge is 0.344 e. The van der Waals surface area contributed by atoms with Crippen LogP contribution in [0, 0.1) is 0 Å². The van der Waals surface area contributed by atoms with Crippen LogP contribution in [0.25, 0.3) is 0 Å². The van der Waals surface area contributed by atoms with Crippen molar-refractivity contribution < 1.29 is 0 Å². The normalized spacial score (nSPS) is 14.5. The van der Waals surface area contributed by atoms with E-state index < -0.39 is 5.43 Å². The molecule has 2 heterocycles. The van der Waals surface area contributed by atoms with Gasteiger partial charge in [0.2, 0.25) is 10.9 Å². The second kappa shape index (κ2) is 6.99. The standard InChI is InChI=1S/C20H19ClN2O2S/c1-2-23-8-7-13-10-17(26-16(13)11-23)22-18-15(19(24)20(18)25)9-12-3-5-14(21)6-4-12/h3-6,10,22H,2,7-9,11H2,1H3. The fraction of sp³-hybridized carbons (Fsp3) is 0.300. The molecule has 0 atom stereocenters. The lowest BCUT2D eigenvalue weighted by atomic mass is 9.99. The highest BCUT2D eigenvalue weighted by Gasteiger charge is 2.23. The Balaban J connectivity index is 1.55. The quantitative estimate of drug-likeness (QED) is 0.679. The highest BCUT2D eigenvalue weighted by Crippen LogP contribution is 2.33. The number of likely N-dealkylation sites (N-methyl/N-ethyl adjacent to an activating group) is 1. The van der Waals surface area contributed by atoms with Gasteiger partial charge in [0.05, 0.1) is 10.7 Å². The Kier molecular flexibility index (Phi) is 4.69. The molecule has 1 aliphatic rings. The maximum absolute atomic E-state index is 12.1. The summed E-state index contributed by atoms with van der Waals surface area (Å²) >= 11 is 7.58. The van der Waals surface area contributed by atoms with Crippen LogP contribution in [0.4, 0.5) is 10.7 Å². The summed E-state index contributed by atoms with van der Waals surface area (Å²) in [5.41, 5.74) is 2.50. The van der Waals surface area contributed by atoms with Gasteiger partial charge in [-0.1, -0.05) is 30.7 Å². The summed E-state index contributed by atoms with van der Waals surface area (Å²) in [5.74, 6) is 0. The van der Waals surface area contributed by atoms with Crippen LogP contribution in [0.3, 0.4) is 0 Å². The van der Waals surface area contributed by atoms with E-state index in [0.29, 0.717) is 22.7 Å². The first-order valence-electron chi connectivity index (χ1n) is 8.72. The number of nitrogens with zero attached hydrogens (tertiary/aromatic N) is 1. The summed E-state index contributed by atoms with van der Waals surface area (Å²) in [4.78, 5) is 27.9. The van der Waals surface area contributed by atoms with Gasteiger partial charge in [-0.15, -0.1) is 11.3 Å². The Hall–Kier alpha value is -1.95. The van der Waals surface area contributed by atoms with E-state index in [-0.39, 0.29) is 5.43 Å². The lowest BCUT2D eigenvalue weighted by Crippen LogP contribution is -2.37. The number of rotatable bonds is 5. The monoisotopic (exact) mass is 386 g/mol. The molecule has 4 rings (SSSR count). The van der Waals surface area contributed by atoms with E-state index >= 15 is 0 Å². The molecule has 0 bridgehead atoms. The number of nitrogens with one attached hydrogen (secondary N) is 1. The van der Waals surface area contributed by atoms with Crippen LogP contribution < -0.4 is 16.2 Å². The van der Waals surface area contributed by atoms with E-state index in [2.05, 4.69) is 23.2 Å². The molecule has 1 aromatic heterocycles. The summed E-state index contributed by atoms with van der Waals surface area (Å²) in [6, 6.07) is 9.47. The van der Waals surface area contributed by atoms with E-state index in [4.69, 9.17) is 11.6 Å². The molecule has 0 saturated carbocycles. The van der Waals surface area contributed by atoms with Gasteiger partial charge in [-0.3, -0.25) is 14.5 Å². The molecule has 1 N–H and O–H groups in total. The first-order valence-corrected chi connectivity index (χ1v) is 9.92. The van der Waals surface area contributed by atoms with E-state index in [0.717, 1.165) is 36.6 Å².